The lowest BCUT2D eigenvalue weighted by Crippen LogP contribution is -2.51. The number of imidazole rings is 1. The molecule has 4 aromatic heterocycles. The van der Waals surface area contributed by atoms with Crippen LogP contribution in [0.25, 0.3) is 16.6 Å². The van der Waals surface area contributed by atoms with Crippen molar-refractivity contribution in [1.82, 2.24) is 39.3 Å². The van der Waals surface area contributed by atoms with Crippen LogP contribution in [0.4, 0.5) is 35.2 Å². The molecule has 0 atom stereocenters. The zero-order valence-electron chi connectivity index (χ0n) is 32.8. The van der Waals surface area contributed by atoms with Gasteiger partial charge in [-0.1, -0.05) is 6.07 Å². The van der Waals surface area contributed by atoms with E-state index in [0.29, 0.717) is 49.9 Å². The number of piperidine rings is 1. The summed E-state index contributed by atoms with van der Waals surface area (Å²) in [5, 5.41) is 10.4. The van der Waals surface area contributed by atoms with Crippen molar-refractivity contribution in [3.63, 3.8) is 0 Å². The van der Waals surface area contributed by atoms with Gasteiger partial charge in [-0.05, 0) is 70.1 Å². The van der Waals surface area contributed by atoms with Crippen molar-refractivity contribution in [3.8, 4) is 5.75 Å². The van der Waals surface area contributed by atoms with Crippen molar-refractivity contribution < 1.29 is 37.1 Å². The molecule has 0 bridgehead atoms. The number of pyridine rings is 2. The lowest BCUT2D eigenvalue weighted by Gasteiger charge is -2.38. The number of aryl methyl sites for hydroxylation is 1. The van der Waals surface area contributed by atoms with Crippen LogP contribution in [0.2, 0.25) is 0 Å². The van der Waals surface area contributed by atoms with Crippen LogP contribution >= 0.6 is 0 Å². The molecular formula is C40H44F3N11O5. The minimum absolute atomic E-state index is 0.0911. The molecule has 3 aliphatic heterocycles. The standard InChI is InChI=1S/C40H44F3N11O5/c1-24(2)59-32-20-34-45-29(21-53(34)22-30(32)46-38(57)28-5-4-6-33(44-28)40(41,42)43)25-9-12-50(13-10-25)23-36(56)52-17-15-51(16-18-52)26-7-8-27-31(19-26)49(3)48-37(27)54-14-11-35(55)47-39(54)58/h4-8,19-22,24-25H,9-18,23H2,1-3H3,(H,46,57)(H,47,55,58). The van der Waals surface area contributed by atoms with E-state index in [2.05, 4.69) is 30.5 Å². The van der Waals surface area contributed by atoms with Crippen LogP contribution in [0.5, 0.6) is 5.75 Å². The van der Waals surface area contributed by atoms with Gasteiger partial charge in [0, 0.05) is 81.6 Å². The number of hydrogen-bond acceptors (Lipinski definition) is 10. The Hall–Kier alpha value is -6.24. The number of piperazine rings is 1. The Kier molecular flexibility index (Phi) is 10.6. The second-order valence-electron chi connectivity index (χ2n) is 15.3. The largest absolute Gasteiger partial charge is 0.489 e. The van der Waals surface area contributed by atoms with Crippen molar-refractivity contribution in [2.75, 3.05) is 67.5 Å². The molecule has 0 aliphatic carbocycles. The summed E-state index contributed by atoms with van der Waals surface area (Å²) in [5.74, 6) is -0.0340. The zero-order valence-corrected chi connectivity index (χ0v) is 32.8. The number of imide groups is 1. The van der Waals surface area contributed by atoms with E-state index in [1.807, 2.05) is 50.2 Å². The molecule has 0 spiro atoms. The molecule has 7 heterocycles. The summed E-state index contributed by atoms with van der Waals surface area (Å²) >= 11 is 0. The smallest absolute Gasteiger partial charge is 0.433 e. The number of carbonyl (C=O) groups excluding carboxylic acids is 4. The molecule has 59 heavy (non-hydrogen) atoms. The van der Waals surface area contributed by atoms with E-state index >= 15 is 0 Å². The lowest BCUT2D eigenvalue weighted by atomic mass is 9.94. The molecular weight excluding hydrogens is 772 g/mol. The number of ether oxygens (including phenoxy) is 1. The minimum atomic E-state index is -4.69. The van der Waals surface area contributed by atoms with E-state index in [0.717, 1.165) is 60.3 Å². The quantitative estimate of drug-likeness (QED) is 0.214. The maximum Gasteiger partial charge on any atom is 0.433 e. The highest BCUT2D eigenvalue weighted by Gasteiger charge is 2.34. The SMILES string of the molecule is CC(C)Oc1cc2nc(C3CCN(CC(=O)N4CCN(c5ccc6c(N7CCC(=O)NC7=O)nn(C)c6c5)CC4)CC3)cn2cc1NC(=O)c1cccc(C(F)(F)F)n1. The Labute approximate surface area is 336 Å². The fourth-order valence-corrected chi connectivity index (χ4v) is 7.86. The van der Waals surface area contributed by atoms with Crippen molar-refractivity contribution in [2.24, 2.45) is 7.05 Å². The van der Waals surface area contributed by atoms with Crippen LogP contribution in [0.3, 0.4) is 0 Å². The number of benzene rings is 1. The van der Waals surface area contributed by atoms with E-state index in [4.69, 9.17) is 9.72 Å². The maximum atomic E-state index is 13.4. The topological polar surface area (TPSA) is 163 Å². The fraction of sp³-hybridized carbons (Fsp3) is 0.425. The molecule has 19 heteroatoms. The number of amides is 5. The van der Waals surface area contributed by atoms with Gasteiger partial charge in [0.25, 0.3) is 5.91 Å². The normalized spacial score (nSPS) is 17.3. The van der Waals surface area contributed by atoms with Gasteiger partial charge >= 0.3 is 12.2 Å². The molecule has 3 fully saturated rings. The van der Waals surface area contributed by atoms with Crippen LogP contribution in [0, 0.1) is 0 Å². The van der Waals surface area contributed by atoms with Gasteiger partial charge in [0.15, 0.2) is 5.82 Å². The van der Waals surface area contributed by atoms with Gasteiger partial charge < -0.3 is 24.3 Å². The van der Waals surface area contributed by atoms with Gasteiger partial charge in [-0.25, -0.2) is 14.8 Å². The summed E-state index contributed by atoms with van der Waals surface area (Å²) in [6.07, 6.45) is 0.388. The summed E-state index contributed by atoms with van der Waals surface area (Å²) in [7, 11) is 1.83. The lowest BCUT2D eigenvalue weighted by molar-refractivity contribution is -0.141. The molecule has 1 aromatic carbocycles. The molecule has 0 unspecified atom stereocenters. The number of urea groups is 1. The summed E-state index contributed by atoms with van der Waals surface area (Å²) in [6.45, 7) is 8.23. The van der Waals surface area contributed by atoms with Gasteiger partial charge in [-0.2, -0.15) is 18.3 Å². The number of anilines is 3. The van der Waals surface area contributed by atoms with Crippen molar-refractivity contribution in [3.05, 3.63) is 71.9 Å². The Morgan fingerprint density at radius 2 is 1.73 bits per heavy atom. The third kappa shape index (κ3) is 8.37. The minimum Gasteiger partial charge on any atom is -0.489 e. The van der Waals surface area contributed by atoms with Gasteiger partial charge in [-0.15, -0.1) is 0 Å². The first-order valence-corrected chi connectivity index (χ1v) is 19.6. The third-order valence-corrected chi connectivity index (χ3v) is 10.9. The number of rotatable bonds is 9. The van der Waals surface area contributed by atoms with Crippen LogP contribution in [-0.4, -0.2) is 116 Å². The first kappa shape index (κ1) is 39.6. The molecule has 5 aromatic rings. The number of fused-ring (bicyclic) bond motifs is 2. The number of carbonyl (C=O) groups is 4. The molecule has 5 amide bonds. The Bertz CT molecular complexity index is 2430. The first-order chi connectivity index (χ1) is 28.2. The number of likely N-dealkylation sites (tertiary alicyclic amines) is 1. The van der Waals surface area contributed by atoms with Gasteiger partial charge in [0.1, 0.15) is 28.5 Å². The number of nitrogens with one attached hydrogen (secondary N) is 2. The number of hydrogen-bond donors (Lipinski definition) is 2. The van der Waals surface area contributed by atoms with E-state index in [-0.39, 0.29) is 48.2 Å². The second-order valence-corrected chi connectivity index (χ2v) is 15.3. The summed E-state index contributed by atoms with van der Waals surface area (Å²) < 4.78 is 49.2. The van der Waals surface area contributed by atoms with Gasteiger partial charge in [-0.3, -0.25) is 34.2 Å². The predicted molar refractivity (Wildman–Crippen MR) is 212 cm³/mol. The van der Waals surface area contributed by atoms with E-state index < -0.39 is 23.8 Å². The molecule has 3 aliphatic rings. The molecule has 2 N–H and O–H groups in total. The van der Waals surface area contributed by atoms with E-state index in [1.165, 1.54) is 11.0 Å². The molecule has 16 nitrogen and oxygen atoms in total. The van der Waals surface area contributed by atoms with E-state index in [9.17, 15) is 32.3 Å². The van der Waals surface area contributed by atoms with Gasteiger partial charge in [0.2, 0.25) is 11.8 Å². The molecule has 8 rings (SSSR count). The molecule has 0 radical (unpaired) electrons. The summed E-state index contributed by atoms with van der Waals surface area (Å²) in [4.78, 5) is 66.8. The summed E-state index contributed by atoms with van der Waals surface area (Å²) in [5.41, 5.74) is 2.05. The molecule has 3 saturated heterocycles. The number of alkyl halides is 3. The van der Waals surface area contributed by atoms with Crippen molar-refractivity contribution in [2.45, 2.75) is 51.3 Å². The highest BCUT2D eigenvalue weighted by molar-refractivity contribution is 6.09. The van der Waals surface area contributed by atoms with Crippen LogP contribution < -0.4 is 25.2 Å². The van der Waals surface area contributed by atoms with Crippen LogP contribution in [0.1, 0.15) is 60.9 Å². The average Bonchev–Trinajstić information content (AvgIpc) is 3.77. The zero-order chi connectivity index (χ0) is 41.6. The highest BCUT2D eigenvalue weighted by atomic mass is 19.4. The van der Waals surface area contributed by atoms with Crippen LogP contribution in [-0.2, 0) is 22.8 Å². The number of halogens is 3. The average molecular weight is 816 g/mol. The second kappa shape index (κ2) is 15.8. The maximum absolute atomic E-state index is 13.4. The molecule has 310 valence electrons. The Morgan fingerprint density at radius 3 is 2.44 bits per heavy atom. The Morgan fingerprint density at radius 1 is 0.966 bits per heavy atom. The first-order valence-electron chi connectivity index (χ1n) is 19.6. The van der Waals surface area contributed by atoms with Crippen LogP contribution in [0.15, 0.2) is 54.9 Å². The fourth-order valence-electron chi connectivity index (χ4n) is 7.86. The Balaban J connectivity index is 0.857. The van der Waals surface area contributed by atoms with Crippen molar-refractivity contribution in [1.29, 1.82) is 0 Å². The van der Waals surface area contributed by atoms with Gasteiger partial charge in [0.05, 0.1) is 23.9 Å². The molecule has 0 saturated carbocycles. The van der Waals surface area contributed by atoms with E-state index in [1.54, 1.807) is 21.3 Å². The predicted octanol–water partition coefficient (Wildman–Crippen LogP) is 4.65. The monoisotopic (exact) mass is 815 g/mol. The highest BCUT2D eigenvalue weighted by Crippen LogP contribution is 2.34. The van der Waals surface area contributed by atoms with Crippen molar-refractivity contribution >= 4 is 57.5 Å². The third-order valence-electron chi connectivity index (χ3n) is 10.9. The number of aromatic nitrogens is 5. The summed E-state index contributed by atoms with van der Waals surface area (Å²) in [6, 6.07) is 10.4. The number of nitrogens with zero attached hydrogens (tertiary/aromatic N) is 9.